The van der Waals surface area contributed by atoms with E-state index in [1.807, 2.05) is 0 Å². The SMILES string of the molecule is CCc1ncnc2c1COCC2. The lowest BCUT2D eigenvalue weighted by Gasteiger charge is -2.16. The Balaban J connectivity index is 2.44. The highest BCUT2D eigenvalue weighted by Crippen LogP contribution is 2.16. The molecule has 0 fully saturated rings. The molecule has 0 saturated heterocycles. The molecule has 0 N–H and O–H groups in total. The molecule has 0 radical (unpaired) electrons. The molecule has 2 rings (SSSR count). The van der Waals surface area contributed by atoms with Gasteiger partial charge in [0.1, 0.15) is 6.33 Å². The molecular weight excluding hydrogens is 152 g/mol. The Kier molecular flexibility index (Phi) is 2.04. The Morgan fingerprint density at radius 1 is 1.50 bits per heavy atom. The quantitative estimate of drug-likeness (QED) is 0.623. The van der Waals surface area contributed by atoms with Crippen LogP contribution in [0.15, 0.2) is 6.33 Å². The van der Waals surface area contributed by atoms with Crippen LogP contribution in [-0.4, -0.2) is 16.6 Å². The molecule has 2 heterocycles. The van der Waals surface area contributed by atoms with Gasteiger partial charge < -0.3 is 4.74 Å². The summed E-state index contributed by atoms with van der Waals surface area (Å²) in [4.78, 5) is 8.46. The second kappa shape index (κ2) is 3.19. The van der Waals surface area contributed by atoms with Crippen molar-refractivity contribution in [1.29, 1.82) is 0 Å². The second-order valence-corrected chi connectivity index (χ2v) is 2.90. The predicted octanol–water partition coefficient (Wildman–Crippen LogP) is 1.11. The van der Waals surface area contributed by atoms with Gasteiger partial charge >= 0.3 is 0 Å². The number of nitrogens with zero attached hydrogens (tertiary/aromatic N) is 2. The minimum absolute atomic E-state index is 0.694. The number of hydrogen-bond donors (Lipinski definition) is 0. The molecule has 0 aliphatic carbocycles. The first-order valence-electron chi connectivity index (χ1n) is 4.31. The molecular formula is C9H12N2O. The fourth-order valence-corrected chi connectivity index (χ4v) is 1.52. The molecule has 1 aromatic heterocycles. The van der Waals surface area contributed by atoms with E-state index in [0.29, 0.717) is 6.61 Å². The topological polar surface area (TPSA) is 35.0 Å². The van der Waals surface area contributed by atoms with Crippen LogP contribution in [0.5, 0.6) is 0 Å². The normalized spacial score (nSPS) is 15.8. The minimum Gasteiger partial charge on any atom is -0.376 e. The van der Waals surface area contributed by atoms with Crippen molar-refractivity contribution in [3.63, 3.8) is 0 Å². The van der Waals surface area contributed by atoms with Gasteiger partial charge in [0.25, 0.3) is 0 Å². The zero-order chi connectivity index (χ0) is 8.39. The lowest BCUT2D eigenvalue weighted by atomic mass is 10.1. The highest BCUT2D eigenvalue weighted by atomic mass is 16.5. The fourth-order valence-electron chi connectivity index (χ4n) is 1.52. The van der Waals surface area contributed by atoms with Crippen molar-refractivity contribution in [1.82, 2.24) is 9.97 Å². The maximum absolute atomic E-state index is 5.36. The molecule has 0 bridgehead atoms. The van der Waals surface area contributed by atoms with E-state index in [-0.39, 0.29) is 0 Å². The smallest absolute Gasteiger partial charge is 0.115 e. The third-order valence-corrected chi connectivity index (χ3v) is 2.19. The Morgan fingerprint density at radius 3 is 3.25 bits per heavy atom. The zero-order valence-electron chi connectivity index (χ0n) is 7.21. The van der Waals surface area contributed by atoms with Crippen LogP contribution in [0.4, 0.5) is 0 Å². The van der Waals surface area contributed by atoms with Crippen LogP contribution in [0.25, 0.3) is 0 Å². The van der Waals surface area contributed by atoms with E-state index in [0.717, 1.165) is 25.1 Å². The molecule has 0 spiro atoms. The number of fused-ring (bicyclic) bond motifs is 1. The second-order valence-electron chi connectivity index (χ2n) is 2.90. The molecule has 1 aromatic rings. The van der Waals surface area contributed by atoms with Crippen LogP contribution in [0, 0.1) is 0 Å². The van der Waals surface area contributed by atoms with Crippen LogP contribution in [0.2, 0.25) is 0 Å². The van der Waals surface area contributed by atoms with Gasteiger partial charge in [-0.05, 0) is 6.42 Å². The van der Waals surface area contributed by atoms with Gasteiger partial charge in [-0.25, -0.2) is 9.97 Å². The van der Waals surface area contributed by atoms with Crippen molar-refractivity contribution in [3.8, 4) is 0 Å². The number of rotatable bonds is 1. The number of ether oxygens (including phenoxy) is 1. The Hall–Kier alpha value is -0.960. The van der Waals surface area contributed by atoms with Gasteiger partial charge in [0.15, 0.2) is 0 Å². The lowest BCUT2D eigenvalue weighted by Crippen LogP contribution is -2.14. The van der Waals surface area contributed by atoms with Gasteiger partial charge in [0.05, 0.1) is 18.9 Å². The highest BCUT2D eigenvalue weighted by Gasteiger charge is 2.13. The van der Waals surface area contributed by atoms with E-state index in [1.165, 1.54) is 11.3 Å². The molecule has 1 aliphatic rings. The summed E-state index contributed by atoms with van der Waals surface area (Å²) in [5, 5.41) is 0. The van der Waals surface area contributed by atoms with E-state index in [4.69, 9.17) is 4.74 Å². The number of hydrogen-bond acceptors (Lipinski definition) is 3. The summed E-state index contributed by atoms with van der Waals surface area (Å²) in [6, 6.07) is 0. The van der Waals surface area contributed by atoms with Gasteiger partial charge in [-0.1, -0.05) is 6.92 Å². The van der Waals surface area contributed by atoms with Crippen molar-refractivity contribution < 1.29 is 4.74 Å². The van der Waals surface area contributed by atoms with Crippen molar-refractivity contribution in [3.05, 3.63) is 23.3 Å². The predicted molar refractivity (Wildman–Crippen MR) is 44.8 cm³/mol. The van der Waals surface area contributed by atoms with Crippen molar-refractivity contribution in [2.24, 2.45) is 0 Å². The first kappa shape index (κ1) is 7.68. The summed E-state index contributed by atoms with van der Waals surface area (Å²) in [6.45, 7) is 3.60. The number of aromatic nitrogens is 2. The first-order chi connectivity index (χ1) is 5.92. The van der Waals surface area contributed by atoms with E-state index >= 15 is 0 Å². The van der Waals surface area contributed by atoms with Crippen LogP contribution in [0.1, 0.15) is 23.9 Å². The summed E-state index contributed by atoms with van der Waals surface area (Å²) in [6.07, 6.45) is 3.56. The van der Waals surface area contributed by atoms with Crippen molar-refractivity contribution in [2.75, 3.05) is 6.61 Å². The van der Waals surface area contributed by atoms with Gasteiger partial charge in [-0.2, -0.15) is 0 Å². The fraction of sp³-hybridized carbons (Fsp3) is 0.556. The van der Waals surface area contributed by atoms with E-state index in [2.05, 4.69) is 16.9 Å². The summed E-state index contributed by atoms with van der Waals surface area (Å²) in [7, 11) is 0. The maximum Gasteiger partial charge on any atom is 0.115 e. The molecule has 0 saturated carbocycles. The standard InChI is InChI=1S/C9H12N2O/c1-2-8-7-5-12-4-3-9(7)11-6-10-8/h6H,2-5H2,1H3. The minimum atomic E-state index is 0.694. The maximum atomic E-state index is 5.36. The molecule has 3 heteroatoms. The number of aryl methyl sites for hydroxylation is 1. The molecule has 0 atom stereocenters. The van der Waals surface area contributed by atoms with Gasteiger partial charge in [-0.15, -0.1) is 0 Å². The lowest BCUT2D eigenvalue weighted by molar-refractivity contribution is 0.108. The summed E-state index contributed by atoms with van der Waals surface area (Å²) >= 11 is 0. The summed E-state index contributed by atoms with van der Waals surface area (Å²) in [5.41, 5.74) is 3.53. The molecule has 64 valence electrons. The summed E-state index contributed by atoms with van der Waals surface area (Å²) < 4.78 is 5.36. The van der Waals surface area contributed by atoms with Crippen LogP contribution >= 0.6 is 0 Å². The largest absolute Gasteiger partial charge is 0.376 e. The average Bonchev–Trinajstić information content (AvgIpc) is 2.17. The monoisotopic (exact) mass is 164 g/mol. The van der Waals surface area contributed by atoms with Gasteiger partial charge in [-0.3, -0.25) is 0 Å². The average molecular weight is 164 g/mol. The third kappa shape index (κ3) is 1.20. The van der Waals surface area contributed by atoms with Gasteiger partial charge in [0, 0.05) is 17.7 Å². The Morgan fingerprint density at radius 2 is 2.42 bits per heavy atom. The van der Waals surface area contributed by atoms with Gasteiger partial charge in [0.2, 0.25) is 0 Å². The van der Waals surface area contributed by atoms with E-state index in [1.54, 1.807) is 6.33 Å². The molecule has 0 aromatic carbocycles. The van der Waals surface area contributed by atoms with Crippen LogP contribution in [0.3, 0.4) is 0 Å². The Bertz CT molecular complexity index is 272. The molecule has 1 aliphatic heterocycles. The Labute approximate surface area is 71.8 Å². The first-order valence-corrected chi connectivity index (χ1v) is 4.31. The van der Waals surface area contributed by atoms with Crippen LogP contribution < -0.4 is 0 Å². The van der Waals surface area contributed by atoms with E-state index < -0.39 is 0 Å². The molecule has 12 heavy (non-hydrogen) atoms. The van der Waals surface area contributed by atoms with E-state index in [9.17, 15) is 0 Å². The molecule has 0 amide bonds. The molecule has 0 unspecified atom stereocenters. The summed E-state index contributed by atoms with van der Waals surface area (Å²) in [5.74, 6) is 0. The van der Waals surface area contributed by atoms with Crippen molar-refractivity contribution >= 4 is 0 Å². The van der Waals surface area contributed by atoms with Crippen LogP contribution in [-0.2, 0) is 24.2 Å². The van der Waals surface area contributed by atoms with Crippen molar-refractivity contribution in [2.45, 2.75) is 26.4 Å². The highest BCUT2D eigenvalue weighted by molar-refractivity contribution is 5.25. The molecule has 3 nitrogen and oxygen atoms in total. The zero-order valence-corrected chi connectivity index (χ0v) is 7.21. The third-order valence-electron chi connectivity index (χ3n) is 2.19.